The van der Waals surface area contributed by atoms with Crippen LogP contribution in [-0.2, 0) is 10.0 Å². The molecule has 1 N–H and O–H groups in total. The third kappa shape index (κ3) is 3.27. The number of aromatic nitrogens is 1. The van der Waals surface area contributed by atoms with Crippen molar-refractivity contribution in [1.29, 1.82) is 0 Å². The molecular weight excluding hydrogens is 328 g/mol. The predicted molar refractivity (Wildman–Crippen MR) is 90.6 cm³/mol. The molecule has 0 saturated carbocycles. The predicted octanol–water partition coefficient (Wildman–Crippen LogP) is 2.80. The lowest BCUT2D eigenvalue weighted by Gasteiger charge is -2.10. The molecule has 2 aromatic carbocycles. The van der Waals surface area contributed by atoms with E-state index < -0.39 is 10.0 Å². The summed E-state index contributed by atoms with van der Waals surface area (Å²) in [5.41, 5.74) is 0.343. The van der Waals surface area contributed by atoms with Gasteiger partial charge in [0.25, 0.3) is 0 Å². The summed E-state index contributed by atoms with van der Waals surface area (Å²) >= 11 is 0. The van der Waals surface area contributed by atoms with Gasteiger partial charge < -0.3 is 9.26 Å². The molecule has 1 aromatic heterocycles. The highest BCUT2D eigenvalue weighted by Gasteiger charge is 2.23. The highest BCUT2D eigenvalue weighted by atomic mass is 32.2. The molecule has 0 unspecified atom stereocenters. The number of nitrogens with one attached hydrogen (secondary N) is 1. The molecule has 0 aliphatic rings. The summed E-state index contributed by atoms with van der Waals surface area (Å²) in [7, 11) is -3.66. The van der Waals surface area contributed by atoms with Gasteiger partial charge in [0.2, 0.25) is 10.0 Å². The molecule has 0 spiro atoms. The highest BCUT2D eigenvalue weighted by molar-refractivity contribution is 7.89. The molecule has 0 saturated heterocycles. The smallest absolute Gasteiger partial charge is 0.246 e. The molecule has 0 aliphatic carbocycles. The van der Waals surface area contributed by atoms with Gasteiger partial charge in [-0.3, -0.25) is 0 Å². The van der Waals surface area contributed by atoms with Gasteiger partial charge in [0.15, 0.2) is 5.76 Å². The van der Waals surface area contributed by atoms with Crippen LogP contribution in [0.25, 0.3) is 10.8 Å². The average molecular weight is 346 g/mol. The molecule has 24 heavy (non-hydrogen) atoms. The molecule has 0 amide bonds. The summed E-state index contributed by atoms with van der Waals surface area (Å²) in [6, 6.07) is 13.7. The van der Waals surface area contributed by atoms with Gasteiger partial charge in [-0.2, -0.15) is 0 Å². The van der Waals surface area contributed by atoms with E-state index in [-0.39, 0.29) is 23.8 Å². The van der Waals surface area contributed by atoms with Crippen molar-refractivity contribution >= 4 is 20.8 Å². The summed E-state index contributed by atoms with van der Waals surface area (Å²) in [5, 5.41) is 5.74. The molecule has 0 bridgehead atoms. The number of fused-ring (bicyclic) bond motifs is 1. The Morgan fingerprint density at radius 2 is 1.88 bits per heavy atom. The van der Waals surface area contributed by atoms with Crippen LogP contribution in [0.15, 0.2) is 51.9 Å². The number of nitrogens with zero attached hydrogens (tertiary/aromatic N) is 1. The lowest BCUT2D eigenvalue weighted by atomic mass is 10.1. The van der Waals surface area contributed by atoms with Gasteiger partial charge in [0, 0.05) is 11.9 Å². The number of aryl methyl sites for hydroxylation is 2. The van der Waals surface area contributed by atoms with Gasteiger partial charge in [-0.15, -0.1) is 0 Å². The van der Waals surface area contributed by atoms with Crippen LogP contribution in [-0.4, -0.2) is 26.7 Å². The first kappa shape index (κ1) is 16.5. The molecule has 126 valence electrons. The van der Waals surface area contributed by atoms with E-state index in [4.69, 9.17) is 9.26 Å². The van der Waals surface area contributed by atoms with E-state index in [2.05, 4.69) is 9.88 Å². The Labute approximate surface area is 140 Å². The Morgan fingerprint density at radius 1 is 1.12 bits per heavy atom. The van der Waals surface area contributed by atoms with Crippen LogP contribution in [0.2, 0.25) is 0 Å². The van der Waals surface area contributed by atoms with E-state index >= 15 is 0 Å². The topological polar surface area (TPSA) is 81.4 Å². The minimum absolute atomic E-state index is 0.0904. The largest absolute Gasteiger partial charge is 0.492 e. The summed E-state index contributed by atoms with van der Waals surface area (Å²) < 4.78 is 37.7. The van der Waals surface area contributed by atoms with Gasteiger partial charge in [0.05, 0.1) is 0 Å². The normalized spacial score (nSPS) is 11.8. The lowest BCUT2D eigenvalue weighted by molar-refractivity contribution is 0.326. The molecule has 0 aliphatic heterocycles. The van der Waals surface area contributed by atoms with Crippen molar-refractivity contribution in [2.75, 3.05) is 13.2 Å². The third-order valence-electron chi connectivity index (χ3n) is 3.64. The second-order valence-electron chi connectivity index (χ2n) is 5.38. The summed E-state index contributed by atoms with van der Waals surface area (Å²) in [6.07, 6.45) is 0. The van der Waals surface area contributed by atoms with Crippen LogP contribution < -0.4 is 9.46 Å². The van der Waals surface area contributed by atoms with Crippen molar-refractivity contribution in [3.63, 3.8) is 0 Å². The fourth-order valence-corrected chi connectivity index (χ4v) is 3.93. The van der Waals surface area contributed by atoms with E-state index in [1.54, 1.807) is 13.8 Å². The second kappa shape index (κ2) is 6.62. The van der Waals surface area contributed by atoms with E-state index in [9.17, 15) is 8.42 Å². The third-order valence-corrected chi connectivity index (χ3v) is 5.34. The fraction of sp³-hybridized carbons (Fsp3) is 0.235. The zero-order chi connectivity index (χ0) is 17.2. The zero-order valence-electron chi connectivity index (χ0n) is 13.4. The molecule has 0 fully saturated rings. The first-order chi connectivity index (χ1) is 11.5. The van der Waals surface area contributed by atoms with E-state index in [1.807, 2.05) is 42.5 Å². The number of benzene rings is 2. The standard InChI is InChI=1S/C17H18N2O4S/c1-12-17(13(2)23-19-12)24(20,21)18-10-11-22-16-9-5-7-14-6-3-4-8-15(14)16/h3-9,18H,10-11H2,1-2H3. The van der Waals surface area contributed by atoms with Gasteiger partial charge in [-0.05, 0) is 25.3 Å². The van der Waals surface area contributed by atoms with Crippen LogP contribution >= 0.6 is 0 Å². The monoisotopic (exact) mass is 346 g/mol. The lowest BCUT2D eigenvalue weighted by Crippen LogP contribution is -2.29. The van der Waals surface area contributed by atoms with Crippen molar-refractivity contribution in [3.8, 4) is 5.75 Å². The van der Waals surface area contributed by atoms with Crippen LogP contribution in [0, 0.1) is 13.8 Å². The van der Waals surface area contributed by atoms with Gasteiger partial charge in [-0.1, -0.05) is 41.6 Å². The molecule has 3 aromatic rings. The summed E-state index contributed by atoms with van der Waals surface area (Å²) in [6.45, 7) is 3.53. The maximum atomic E-state index is 12.3. The Bertz CT molecular complexity index is 939. The fourth-order valence-electron chi connectivity index (χ4n) is 2.59. The number of hydrogen-bond donors (Lipinski definition) is 1. The quantitative estimate of drug-likeness (QED) is 0.694. The van der Waals surface area contributed by atoms with E-state index in [0.717, 1.165) is 16.5 Å². The SMILES string of the molecule is Cc1noc(C)c1S(=O)(=O)NCCOc1cccc2ccccc12. The summed E-state index contributed by atoms with van der Waals surface area (Å²) in [4.78, 5) is 0.0904. The van der Waals surface area contributed by atoms with Crippen LogP contribution in [0.3, 0.4) is 0 Å². The maximum absolute atomic E-state index is 12.3. The van der Waals surface area contributed by atoms with Crippen LogP contribution in [0.4, 0.5) is 0 Å². The number of hydrogen-bond acceptors (Lipinski definition) is 5. The molecule has 3 rings (SSSR count). The van der Waals surface area contributed by atoms with Gasteiger partial charge in [-0.25, -0.2) is 13.1 Å². The van der Waals surface area contributed by atoms with E-state index in [0.29, 0.717) is 5.69 Å². The Morgan fingerprint density at radius 3 is 2.62 bits per heavy atom. The first-order valence-corrected chi connectivity index (χ1v) is 9.00. The highest BCUT2D eigenvalue weighted by Crippen LogP contribution is 2.25. The van der Waals surface area contributed by atoms with Gasteiger partial charge >= 0.3 is 0 Å². The first-order valence-electron chi connectivity index (χ1n) is 7.52. The molecular formula is C17H18N2O4S. The minimum atomic E-state index is -3.66. The van der Waals surface area contributed by atoms with Crippen LogP contribution in [0.5, 0.6) is 5.75 Å². The maximum Gasteiger partial charge on any atom is 0.246 e. The number of sulfonamides is 1. The van der Waals surface area contributed by atoms with Crippen molar-refractivity contribution < 1.29 is 17.7 Å². The average Bonchev–Trinajstić information content (AvgIpc) is 2.91. The van der Waals surface area contributed by atoms with Gasteiger partial charge in [0.1, 0.15) is 22.9 Å². The molecule has 0 radical (unpaired) electrons. The molecule has 1 heterocycles. The van der Waals surface area contributed by atoms with Crippen molar-refractivity contribution in [3.05, 3.63) is 53.9 Å². The van der Waals surface area contributed by atoms with Crippen molar-refractivity contribution in [2.45, 2.75) is 18.7 Å². The molecule has 0 atom stereocenters. The van der Waals surface area contributed by atoms with Crippen LogP contribution in [0.1, 0.15) is 11.5 Å². The van der Waals surface area contributed by atoms with Crippen molar-refractivity contribution in [1.82, 2.24) is 9.88 Å². The second-order valence-corrected chi connectivity index (χ2v) is 7.08. The molecule has 7 heteroatoms. The number of ether oxygens (including phenoxy) is 1. The Balaban J connectivity index is 1.65. The zero-order valence-corrected chi connectivity index (χ0v) is 14.3. The molecule has 6 nitrogen and oxygen atoms in total. The Hall–Kier alpha value is -2.38. The summed E-state index contributed by atoms with van der Waals surface area (Å²) in [5.74, 6) is 1.000. The minimum Gasteiger partial charge on any atom is -0.492 e. The van der Waals surface area contributed by atoms with Crippen molar-refractivity contribution in [2.24, 2.45) is 0 Å². The van der Waals surface area contributed by atoms with E-state index in [1.165, 1.54) is 0 Å². The number of rotatable bonds is 6. The Kier molecular flexibility index (Phi) is 4.55.